The number of rotatable bonds is 20. The third-order valence-electron chi connectivity index (χ3n) is 8.18. The summed E-state index contributed by atoms with van der Waals surface area (Å²) in [7, 11) is 0.701. The van der Waals surface area contributed by atoms with Gasteiger partial charge in [-0.2, -0.15) is 0 Å². The molecule has 1 rings (SSSR count). The van der Waals surface area contributed by atoms with Crippen molar-refractivity contribution < 1.29 is 4.79 Å². The van der Waals surface area contributed by atoms with E-state index in [0.717, 1.165) is 25.6 Å². The van der Waals surface area contributed by atoms with Gasteiger partial charge in [-0.3, -0.25) is 0 Å². The molecule has 0 aliphatic carbocycles. The molecule has 0 radical (unpaired) electrons. The molecule has 0 bridgehead atoms. The summed E-state index contributed by atoms with van der Waals surface area (Å²) in [4.78, 5) is 13.6. The fraction of sp³-hybridized carbons (Fsp3) is 0.800. The van der Waals surface area contributed by atoms with Gasteiger partial charge in [0, 0.05) is 0 Å². The number of carbonyl (C=O) groups is 1. The zero-order chi connectivity index (χ0) is 24.6. The van der Waals surface area contributed by atoms with Gasteiger partial charge in [0.2, 0.25) is 0 Å². The fourth-order valence-electron chi connectivity index (χ4n) is 5.27. The molecule has 0 N–H and O–H groups in total. The minimum atomic E-state index is -0.129. The summed E-state index contributed by atoms with van der Waals surface area (Å²) in [6, 6.07) is 4.44. The van der Waals surface area contributed by atoms with E-state index in [1.165, 1.54) is 88.1 Å². The van der Waals surface area contributed by atoms with E-state index in [0.29, 0.717) is 18.4 Å². The predicted octanol–water partition coefficient (Wildman–Crippen LogP) is 8.58. The zero-order valence-electron chi connectivity index (χ0n) is 23.2. The minimum absolute atomic E-state index is 0.129. The molecule has 0 aromatic carbocycles. The Morgan fingerprint density at radius 3 is 2.00 bits per heavy atom. The maximum absolute atomic E-state index is 13.6. The topological polar surface area (TPSA) is 17.1 Å². The van der Waals surface area contributed by atoms with Crippen LogP contribution < -0.4 is 0 Å². The average Bonchev–Trinajstić information content (AvgIpc) is 2.82. The molecular formula is C30H54B2O. The first-order valence-electron chi connectivity index (χ1n) is 14.4. The van der Waals surface area contributed by atoms with Gasteiger partial charge in [-0.05, 0) is 0 Å². The van der Waals surface area contributed by atoms with E-state index >= 15 is 0 Å². The predicted molar refractivity (Wildman–Crippen MR) is 151 cm³/mol. The molecule has 0 spiro atoms. The third kappa shape index (κ3) is 11.4. The summed E-state index contributed by atoms with van der Waals surface area (Å²) in [6.45, 7) is 16.2. The Morgan fingerprint density at radius 2 is 1.45 bits per heavy atom. The second-order valence-corrected chi connectivity index (χ2v) is 11.3. The summed E-state index contributed by atoms with van der Waals surface area (Å²) in [5.74, 6) is 2.18. The molecule has 1 nitrogen and oxygen atoms in total. The van der Waals surface area contributed by atoms with Crippen LogP contribution in [-0.4, -0.2) is 19.9 Å². The molecular weight excluding hydrogens is 398 g/mol. The molecule has 0 aliphatic heterocycles. The first kappa shape index (κ1) is 30.2. The van der Waals surface area contributed by atoms with Crippen molar-refractivity contribution in [2.75, 3.05) is 0 Å². The summed E-state index contributed by atoms with van der Waals surface area (Å²) in [5.41, 5.74) is 3.62. The SMILES string of the molecule is CCCCCCC(C)(CCCCCC)C(=O)BCc1cccbc1CC(C)(CC)CCCC. The Morgan fingerprint density at radius 1 is 0.848 bits per heavy atom. The molecule has 33 heavy (non-hydrogen) atoms. The first-order valence-corrected chi connectivity index (χ1v) is 14.4. The summed E-state index contributed by atoms with van der Waals surface area (Å²) < 4.78 is 0. The fourth-order valence-corrected chi connectivity index (χ4v) is 5.27. The van der Waals surface area contributed by atoms with Gasteiger partial charge >= 0.3 is 209 Å². The molecule has 1 atom stereocenters. The van der Waals surface area contributed by atoms with Gasteiger partial charge in [0.1, 0.15) is 0 Å². The van der Waals surface area contributed by atoms with E-state index in [9.17, 15) is 4.79 Å². The van der Waals surface area contributed by atoms with Crippen molar-refractivity contribution in [2.24, 2.45) is 10.8 Å². The maximum atomic E-state index is 13.6. The molecule has 0 saturated carbocycles. The Hall–Kier alpha value is -0.850. The van der Waals surface area contributed by atoms with Crippen molar-refractivity contribution in [2.45, 2.75) is 144 Å². The molecule has 0 saturated heterocycles. The van der Waals surface area contributed by atoms with Crippen LogP contribution in [-0.2, 0) is 17.5 Å². The van der Waals surface area contributed by atoms with Gasteiger partial charge in [0.15, 0.2) is 0 Å². The molecule has 1 aromatic heterocycles. The molecule has 1 heterocycles. The molecule has 0 amide bonds. The van der Waals surface area contributed by atoms with Crippen LogP contribution in [0.3, 0.4) is 0 Å². The second kappa shape index (κ2) is 16.7. The van der Waals surface area contributed by atoms with Crippen molar-refractivity contribution in [1.29, 1.82) is 0 Å². The Balaban J connectivity index is 2.84. The summed E-state index contributed by atoms with van der Waals surface area (Å²) in [6.07, 6.45) is 19.3. The molecule has 186 valence electrons. The molecule has 1 unspecified atom stereocenters. The van der Waals surface area contributed by atoms with Crippen LogP contribution in [0.5, 0.6) is 0 Å². The van der Waals surface area contributed by atoms with Crippen LogP contribution in [0.25, 0.3) is 0 Å². The Bertz CT molecular complexity index is 644. The first-order chi connectivity index (χ1) is 15.8. The van der Waals surface area contributed by atoms with Crippen molar-refractivity contribution >= 4 is 19.9 Å². The van der Waals surface area contributed by atoms with E-state index in [1.807, 2.05) is 0 Å². The normalized spacial score (nSPS) is 13.5. The van der Waals surface area contributed by atoms with Crippen LogP contribution in [0.2, 0.25) is 0 Å². The molecule has 1 aromatic rings. The Kier molecular flexibility index (Phi) is 15.3. The monoisotopic (exact) mass is 452 g/mol. The summed E-state index contributed by atoms with van der Waals surface area (Å²) in [5, 5.41) is 0. The number of hydrogen-bond acceptors (Lipinski definition) is 1. The van der Waals surface area contributed by atoms with Crippen molar-refractivity contribution in [3.63, 3.8) is 0 Å². The van der Waals surface area contributed by atoms with Gasteiger partial charge in [0.25, 0.3) is 0 Å². The van der Waals surface area contributed by atoms with Crippen LogP contribution in [0.15, 0.2) is 18.1 Å². The van der Waals surface area contributed by atoms with Crippen LogP contribution in [0.4, 0.5) is 0 Å². The average molecular weight is 452 g/mol. The standard InChI is InChI=1S/C30H54B2O/c1-7-11-14-16-21-30(6,22-17-15-12-8-2)28(33)32-25-26-19-18-23-31-27(26)24-29(5,10-4)20-13-9-3/h18-19,23,32H,7-17,20-22,24-25H2,1-6H3. The number of hydrogen-bond donors (Lipinski definition) is 0. The van der Waals surface area contributed by atoms with Crippen molar-refractivity contribution in [3.8, 4) is 0 Å². The van der Waals surface area contributed by atoms with Crippen molar-refractivity contribution in [3.05, 3.63) is 29.1 Å². The van der Waals surface area contributed by atoms with E-state index in [2.05, 4.69) is 66.5 Å². The van der Waals surface area contributed by atoms with Crippen LogP contribution in [0.1, 0.15) is 142 Å². The van der Waals surface area contributed by atoms with Crippen LogP contribution >= 0.6 is 0 Å². The van der Waals surface area contributed by atoms with E-state index < -0.39 is 0 Å². The molecule has 3 heteroatoms. The van der Waals surface area contributed by atoms with Gasteiger partial charge in [0.05, 0.1) is 0 Å². The number of unbranched alkanes of at least 4 members (excludes halogenated alkanes) is 7. The van der Waals surface area contributed by atoms with E-state index in [-0.39, 0.29) is 5.41 Å². The zero-order valence-corrected chi connectivity index (χ0v) is 23.2. The van der Waals surface area contributed by atoms with E-state index in [4.69, 9.17) is 0 Å². The van der Waals surface area contributed by atoms with Gasteiger partial charge in [-0.1, -0.05) is 0 Å². The molecule has 0 aliphatic rings. The second-order valence-electron chi connectivity index (χ2n) is 11.3. The van der Waals surface area contributed by atoms with Gasteiger partial charge in [-0.15, -0.1) is 0 Å². The molecule has 0 fully saturated rings. The van der Waals surface area contributed by atoms with Crippen LogP contribution in [0, 0.1) is 10.8 Å². The number of carbonyl (C=O) groups excluding carboxylic acids is 1. The Labute approximate surface area is 208 Å². The van der Waals surface area contributed by atoms with E-state index in [1.54, 1.807) is 0 Å². The van der Waals surface area contributed by atoms with Gasteiger partial charge in [-0.25, -0.2) is 0 Å². The van der Waals surface area contributed by atoms with Gasteiger partial charge < -0.3 is 0 Å². The summed E-state index contributed by atoms with van der Waals surface area (Å²) >= 11 is 0. The van der Waals surface area contributed by atoms with Crippen molar-refractivity contribution in [1.82, 2.24) is 0 Å². The third-order valence-corrected chi connectivity index (χ3v) is 8.18. The quantitative estimate of drug-likeness (QED) is 0.143.